The van der Waals surface area contributed by atoms with Gasteiger partial charge < -0.3 is 8.83 Å². The smallest absolute Gasteiger partial charge is 0.227 e. The third-order valence-electron chi connectivity index (χ3n) is 15.2. The van der Waals surface area contributed by atoms with Gasteiger partial charge in [0.1, 0.15) is 11.0 Å². The Morgan fingerprint density at radius 1 is 0.244 bits per heavy atom. The molecule has 16 rings (SSSR count). The Morgan fingerprint density at radius 2 is 0.603 bits per heavy atom. The van der Waals surface area contributed by atoms with Crippen molar-refractivity contribution in [3.8, 4) is 67.4 Å². The normalized spacial score (nSPS) is 11.6. The molecule has 0 saturated carbocycles. The van der Waals surface area contributed by atoms with Crippen molar-refractivity contribution < 1.29 is 8.83 Å². The third kappa shape index (κ3) is 7.57. The van der Waals surface area contributed by atoms with Gasteiger partial charge in [0, 0.05) is 52.3 Å². The maximum absolute atomic E-state index is 6.02. The van der Waals surface area contributed by atoms with Gasteiger partial charge in [0.2, 0.25) is 11.8 Å². The molecule has 0 unspecified atom stereocenters. The summed E-state index contributed by atoms with van der Waals surface area (Å²) >= 11 is 0. The summed E-state index contributed by atoms with van der Waals surface area (Å²) in [5.41, 5.74) is 14.9. The molecule has 4 aromatic heterocycles. The molecular formula is C72H44N4O2. The average molecular weight is 997 g/mol. The Hall–Kier alpha value is -10.6. The van der Waals surface area contributed by atoms with E-state index in [4.69, 9.17) is 8.83 Å². The van der Waals surface area contributed by atoms with Crippen LogP contribution in [0.15, 0.2) is 276 Å². The number of fused-ring (bicyclic) bond motifs is 8. The van der Waals surface area contributed by atoms with E-state index >= 15 is 0 Å². The number of para-hydroxylation sites is 4. The molecule has 0 aliphatic heterocycles. The van der Waals surface area contributed by atoms with Crippen LogP contribution in [-0.2, 0) is 0 Å². The first-order chi connectivity index (χ1) is 38.7. The molecular weight excluding hydrogens is 953 g/mol. The lowest BCUT2D eigenvalue weighted by Gasteiger charge is -2.18. The van der Waals surface area contributed by atoms with Gasteiger partial charge in [-0.05, 0) is 147 Å². The highest BCUT2D eigenvalue weighted by Gasteiger charge is 2.21. The van der Waals surface area contributed by atoms with E-state index in [0.29, 0.717) is 11.8 Å². The van der Waals surface area contributed by atoms with E-state index in [0.717, 1.165) is 60.8 Å². The van der Waals surface area contributed by atoms with Crippen LogP contribution in [0, 0.1) is 0 Å². The summed E-state index contributed by atoms with van der Waals surface area (Å²) in [6, 6.07) is 84.9. The summed E-state index contributed by atoms with van der Waals surface area (Å²) in [7, 11) is 0. The quantitative estimate of drug-likeness (QED) is 0.154. The lowest BCUT2D eigenvalue weighted by atomic mass is 9.85. The minimum atomic E-state index is 0.635. The van der Waals surface area contributed by atoms with Crippen molar-refractivity contribution in [2.24, 2.45) is 0 Å². The summed E-state index contributed by atoms with van der Waals surface area (Å²) in [4.78, 5) is 18.3. The summed E-state index contributed by atoms with van der Waals surface area (Å²) in [6.07, 6.45) is 7.76. The molecule has 0 atom stereocenters. The zero-order chi connectivity index (χ0) is 51.5. The number of pyridine rings is 2. The molecule has 0 bridgehead atoms. The Balaban J connectivity index is 0.000000136. The second kappa shape index (κ2) is 18.7. The molecule has 0 N–H and O–H groups in total. The Labute approximate surface area is 448 Å². The van der Waals surface area contributed by atoms with Gasteiger partial charge in [0.05, 0.1) is 0 Å². The standard InChI is InChI=1S/2C36H22N2O/c1-3-11-30-28(9-1)34(23-16-18-24(19-17-23)36-38-32-14-5-6-15-33(32)39-36)29-10-2-4-12-31(29)35(30)27-13-7-8-25-22-37-21-20-26(25)27;1-2-10-26-25(9-1)21-37-22-31(26)35-29-13-5-3-11-27(29)34(28-12-4-6-14-30(28)35)23-17-19-24(20-18-23)36-38-32-15-7-8-16-33(32)39-36/h2*1-22H. The average Bonchev–Trinajstić information content (AvgIpc) is 4.27. The van der Waals surface area contributed by atoms with Crippen LogP contribution in [0.5, 0.6) is 0 Å². The van der Waals surface area contributed by atoms with Crippen molar-refractivity contribution in [3.05, 3.63) is 267 Å². The molecule has 78 heavy (non-hydrogen) atoms. The van der Waals surface area contributed by atoms with Crippen molar-refractivity contribution in [2.45, 2.75) is 0 Å². The van der Waals surface area contributed by atoms with Crippen molar-refractivity contribution in [3.63, 3.8) is 0 Å². The molecule has 0 amide bonds. The SMILES string of the molecule is c1cc(-c2c3ccccc3c(-c3ccc(-c4nc5ccccc5o4)cc3)c3ccccc23)c2ccncc2c1.c1ccc2c(-c3c4ccccc4c(-c4ccc(-c5nc6ccccc6o5)cc4)c4ccccc34)cncc2c1. The molecule has 0 spiro atoms. The van der Waals surface area contributed by atoms with Gasteiger partial charge in [-0.1, -0.05) is 188 Å². The van der Waals surface area contributed by atoms with E-state index < -0.39 is 0 Å². The van der Waals surface area contributed by atoms with Gasteiger partial charge in [0.15, 0.2) is 11.2 Å². The number of benzene rings is 12. The van der Waals surface area contributed by atoms with Gasteiger partial charge in [0.25, 0.3) is 0 Å². The van der Waals surface area contributed by atoms with E-state index in [-0.39, 0.29) is 0 Å². The molecule has 6 heteroatoms. The summed E-state index contributed by atoms with van der Waals surface area (Å²) in [6.45, 7) is 0. The maximum Gasteiger partial charge on any atom is 0.227 e. The van der Waals surface area contributed by atoms with E-state index in [9.17, 15) is 0 Å². The van der Waals surface area contributed by atoms with E-state index in [2.05, 4.69) is 214 Å². The van der Waals surface area contributed by atoms with Crippen molar-refractivity contribution in [1.29, 1.82) is 0 Å². The van der Waals surface area contributed by atoms with E-state index in [1.807, 2.05) is 73.3 Å². The van der Waals surface area contributed by atoms with E-state index in [1.165, 1.54) is 81.7 Å². The number of hydrogen-bond acceptors (Lipinski definition) is 6. The molecule has 6 nitrogen and oxygen atoms in total. The molecule has 0 aliphatic carbocycles. The summed E-state index contributed by atoms with van der Waals surface area (Å²) < 4.78 is 12.0. The molecule has 364 valence electrons. The largest absolute Gasteiger partial charge is 0.436 e. The monoisotopic (exact) mass is 996 g/mol. The topological polar surface area (TPSA) is 77.8 Å². The highest BCUT2D eigenvalue weighted by atomic mass is 16.4. The van der Waals surface area contributed by atoms with Crippen molar-refractivity contribution in [2.75, 3.05) is 0 Å². The van der Waals surface area contributed by atoms with Crippen LogP contribution in [0.3, 0.4) is 0 Å². The van der Waals surface area contributed by atoms with Crippen LogP contribution in [0.1, 0.15) is 0 Å². The van der Waals surface area contributed by atoms with Gasteiger partial charge in [-0.25, -0.2) is 9.97 Å². The molecule has 16 aromatic rings. The number of rotatable bonds is 6. The van der Waals surface area contributed by atoms with Gasteiger partial charge in [-0.3, -0.25) is 9.97 Å². The molecule has 0 aliphatic rings. The Bertz CT molecular complexity index is 4470. The second-order valence-electron chi connectivity index (χ2n) is 19.6. The minimum Gasteiger partial charge on any atom is -0.436 e. The number of nitrogens with zero attached hydrogens (tertiary/aromatic N) is 4. The fourth-order valence-electron chi connectivity index (χ4n) is 11.7. The van der Waals surface area contributed by atoms with Crippen molar-refractivity contribution in [1.82, 2.24) is 19.9 Å². The molecule has 0 saturated heterocycles. The molecule has 0 fully saturated rings. The summed E-state index contributed by atoms with van der Waals surface area (Å²) in [5, 5.41) is 14.5. The Kier molecular flexibility index (Phi) is 10.7. The fourth-order valence-corrected chi connectivity index (χ4v) is 11.7. The predicted molar refractivity (Wildman–Crippen MR) is 321 cm³/mol. The van der Waals surface area contributed by atoms with Crippen LogP contribution < -0.4 is 0 Å². The zero-order valence-corrected chi connectivity index (χ0v) is 42.0. The highest BCUT2D eigenvalue weighted by Crippen LogP contribution is 2.47. The van der Waals surface area contributed by atoms with Crippen LogP contribution in [0.25, 0.3) is 154 Å². The first-order valence-corrected chi connectivity index (χ1v) is 26.2. The second-order valence-corrected chi connectivity index (χ2v) is 19.6. The minimum absolute atomic E-state index is 0.635. The predicted octanol–water partition coefficient (Wildman–Crippen LogP) is 19.4. The van der Waals surface area contributed by atoms with Crippen LogP contribution in [0.4, 0.5) is 0 Å². The Morgan fingerprint density at radius 3 is 1.08 bits per heavy atom. The van der Waals surface area contributed by atoms with Gasteiger partial charge in [-0.15, -0.1) is 0 Å². The van der Waals surface area contributed by atoms with Gasteiger partial charge >= 0.3 is 0 Å². The zero-order valence-electron chi connectivity index (χ0n) is 42.0. The first-order valence-electron chi connectivity index (χ1n) is 26.2. The van der Waals surface area contributed by atoms with Crippen LogP contribution in [0.2, 0.25) is 0 Å². The van der Waals surface area contributed by atoms with Crippen LogP contribution in [-0.4, -0.2) is 19.9 Å². The number of aromatic nitrogens is 4. The van der Waals surface area contributed by atoms with E-state index in [1.54, 1.807) is 0 Å². The fraction of sp³-hybridized carbons (Fsp3) is 0. The lowest BCUT2D eigenvalue weighted by Crippen LogP contribution is -1.92. The molecule has 0 radical (unpaired) electrons. The van der Waals surface area contributed by atoms with Crippen molar-refractivity contribution >= 4 is 86.8 Å². The lowest BCUT2D eigenvalue weighted by molar-refractivity contribution is 0.619. The van der Waals surface area contributed by atoms with Gasteiger partial charge in [-0.2, -0.15) is 0 Å². The molecule has 4 heterocycles. The number of hydrogen-bond donors (Lipinski definition) is 0. The molecule has 12 aromatic carbocycles. The first kappa shape index (κ1) is 44.9. The third-order valence-corrected chi connectivity index (χ3v) is 15.2. The summed E-state index contributed by atoms with van der Waals surface area (Å²) in [5.74, 6) is 1.27. The number of oxazole rings is 2. The highest BCUT2D eigenvalue weighted by molar-refractivity contribution is 6.25. The maximum atomic E-state index is 6.02. The van der Waals surface area contributed by atoms with Crippen LogP contribution >= 0.6 is 0 Å².